The van der Waals surface area contributed by atoms with Crippen LogP contribution in [0.5, 0.6) is 0 Å². The Labute approximate surface area is 452 Å². The van der Waals surface area contributed by atoms with E-state index in [2.05, 4.69) is 231 Å². The SMILES string of the molecule is CCCCCCc1cc(CCCCCC)cc(C2(C)c3cc(N(c4ccc(Br)cc4)c4c(C)cc(CCCC)cc4C)ccc3-c3ccc(N(c4ccc(Br)cc4)c4c(C)cc(CCCC)cc4C)cc32)c1. The molecule has 0 aromatic heterocycles. The van der Waals surface area contributed by atoms with Crippen LogP contribution in [0.3, 0.4) is 0 Å². The van der Waals surface area contributed by atoms with E-state index < -0.39 is 5.41 Å². The topological polar surface area (TPSA) is 6.48 Å². The van der Waals surface area contributed by atoms with Crippen LogP contribution in [0.15, 0.2) is 136 Å². The van der Waals surface area contributed by atoms with Crippen molar-refractivity contribution in [3.05, 3.63) is 198 Å². The molecule has 0 aliphatic heterocycles. The molecule has 7 aromatic rings. The Balaban J connectivity index is 1.37. The summed E-state index contributed by atoms with van der Waals surface area (Å²) in [5.74, 6) is 0. The first-order valence-electron chi connectivity index (χ1n) is 27.6. The lowest BCUT2D eigenvalue weighted by molar-refractivity contribution is 0.656. The summed E-state index contributed by atoms with van der Waals surface area (Å²) in [7, 11) is 0. The maximum Gasteiger partial charge on any atom is 0.0520 e. The summed E-state index contributed by atoms with van der Waals surface area (Å²) in [5, 5.41) is 0. The molecule has 0 spiro atoms. The zero-order chi connectivity index (χ0) is 50.9. The minimum Gasteiger partial charge on any atom is -0.310 e. The summed E-state index contributed by atoms with van der Waals surface area (Å²) in [6.07, 6.45) is 19.3. The lowest BCUT2D eigenvalue weighted by atomic mass is 9.72. The molecule has 8 rings (SSSR count). The van der Waals surface area contributed by atoms with Crippen molar-refractivity contribution in [2.45, 2.75) is 170 Å². The van der Waals surface area contributed by atoms with Crippen LogP contribution in [0.25, 0.3) is 11.1 Å². The Bertz CT molecular complexity index is 2710. The minimum atomic E-state index is -0.451. The van der Waals surface area contributed by atoms with Gasteiger partial charge in [-0.15, -0.1) is 0 Å². The Morgan fingerprint density at radius 3 is 1.06 bits per heavy atom. The summed E-state index contributed by atoms with van der Waals surface area (Å²) < 4.78 is 2.16. The molecule has 1 aliphatic rings. The predicted molar refractivity (Wildman–Crippen MR) is 321 cm³/mol. The van der Waals surface area contributed by atoms with Gasteiger partial charge in [0.25, 0.3) is 0 Å². The van der Waals surface area contributed by atoms with Crippen LogP contribution >= 0.6 is 31.9 Å². The van der Waals surface area contributed by atoms with Crippen LogP contribution in [0.4, 0.5) is 34.1 Å². The monoisotopic (exact) mass is 1080 g/mol. The van der Waals surface area contributed by atoms with Gasteiger partial charge in [-0.1, -0.05) is 166 Å². The molecule has 0 heterocycles. The first-order valence-corrected chi connectivity index (χ1v) is 29.2. The molecule has 0 N–H and O–H groups in total. The largest absolute Gasteiger partial charge is 0.310 e. The van der Waals surface area contributed by atoms with Gasteiger partial charge in [0.05, 0.1) is 11.4 Å². The van der Waals surface area contributed by atoms with Crippen LogP contribution < -0.4 is 9.80 Å². The number of benzene rings is 7. The quantitative estimate of drug-likeness (QED) is 0.0589. The maximum atomic E-state index is 3.77. The predicted octanol–water partition coefficient (Wildman–Crippen LogP) is 21.7. The van der Waals surface area contributed by atoms with Crippen LogP contribution in [0.1, 0.15) is 173 Å². The van der Waals surface area contributed by atoms with Crippen molar-refractivity contribution in [1.82, 2.24) is 0 Å². The molecule has 4 heteroatoms. The summed E-state index contributed by atoms with van der Waals surface area (Å²) in [6, 6.07) is 50.1. The Hall–Kier alpha value is -4.90. The van der Waals surface area contributed by atoms with E-state index in [0.29, 0.717) is 0 Å². The highest BCUT2D eigenvalue weighted by molar-refractivity contribution is 9.10. The van der Waals surface area contributed by atoms with Crippen molar-refractivity contribution < 1.29 is 0 Å². The van der Waals surface area contributed by atoms with Gasteiger partial charge in [0, 0.05) is 37.1 Å². The van der Waals surface area contributed by atoms with Crippen molar-refractivity contribution in [3.8, 4) is 11.1 Å². The normalized spacial score (nSPS) is 12.5. The van der Waals surface area contributed by atoms with Crippen LogP contribution in [0, 0.1) is 27.7 Å². The molecule has 7 aromatic carbocycles. The molecule has 0 radical (unpaired) electrons. The number of halogens is 2. The zero-order valence-electron chi connectivity index (χ0n) is 45.1. The van der Waals surface area contributed by atoms with E-state index in [-0.39, 0.29) is 0 Å². The van der Waals surface area contributed by atoms with E-state index in [1.165, 1.54) is 172 Å². The van der Waals surface area contributed by atoms with Gasteiger partial charge in [-0.05, 0) is 231 Å². The molecule has 0 saturated heterocycles. The van der Waals surface area contributed by atoms with Crippen molar-refractivity contribution in [2.24, 2.45) is 0 Å². The highest BCUT2D eigenvalue weighted by atomic mass is 79.9. The second-order valence-corrected chi connectivity index (χ2v) is 23.1. The molecule has 0 fully saturated rings. The number of unbranched alkanes of at least 4 members (excludes halogenated alkanes) is 8. The van der Waals surface area contributed by atoms with E-state index in [1.54, 1.807) is 0 Å². The van der Waals surface area contributed by atoms with Gasteiger partial charge in [0.1, 0.15) is 0 Å². The van der Waals surface area contributed by atoms with E-state index in [9.17, 15) is 0 Å². The van der Waals surface area contributed by atoms with E-state index in [1.807, 2.05) is 0 Å². The summed E-state index contributed by atoms with van der Waals surface area (Å²) >= 11 is 7.54. The zero-order valence-corrected chi connectivity index (χ0v) is 48.3. The third-order valence-electron chi connectivity index (χ3n) is 15.5. The van der Waals surface area contributed by atoms with Gasteiger partial charge >= 0.3 is 0 Å². The molecule has 72 heavy (non-hydrogen) atoms. The molecule has 0 unspecified atom stereocenters. The highest BCUT2D eigenvalue weighted by Gasteiger charge is 2.42. The average Bonchev–Trinajstić information content (AvgIpc) is 3.62. The van der Waals surface area contributed by atoms with E-state index >= 15 is 0 Å². The molecule has 0 atom stereocenters. The van der Waals surface area contributed by atoms with Gasteiger partial charge in [0.2, 0.25) is 0 Å². The molecule has 2 nitrogen and oxygen atoms in total. The number of hydrogen-bond acceptors (Lipinski definition) is 2. The standard InChI is InChI=1S/C68H80Br2N2/c1-10-14-18-20-24-53-42-54(25-21-19-15-11-2)44-55(43-53)68(9)64-45-60(71(58-30-26-56(69)27-31-58)66-47(5)38-51(22-16-12-3)39-48(66)6)34-36-62(64)63-37-35-61(46-65(63)68)72(59-32-28-57(70)29-33-59)67-49(7)40-52(23-17-13-4)41-50(67)8/h26-46H,10-25H2,1-9H3. The number of nitrogens with zero attached hydrogens (tertiary/aromatic N) is 2. The maximum absolute atomic E-state index is 3.77. The molecule has 0 amide bonds. The fourth-order valence-electron chi connectivity index (χ4n) is 11.8. The number of aryl methyl sites for hydroxylation is 8. The van der Waals surface area contributed by atoms with Crippen molar-refractivity contribution in [2.75, 3.05) is 9.80 Å². The highest BCUT2D eigenvalue weighted by Crippen LogP contribution is 2.56. The van der Waals surface area contributed by atoms with Crippen LogP contribution in [-0.4, -0.2) is 0 Å². The van der Waals surface area contributed by atoms with E-state index in [4.69, 9.17) is 0 Å². The average molecular weight is 1090 g/mol. The van der Waals surface area contributed by atoms with E-state index in [0.717, 1.165) is 46.0 Å². The molecular formula is C68H80Br2N2. The first-order chi connectivity index (χ1) is 34.9. The molecule has 0 saturated carbocycles. The van der Waals surface area contributed by atoms with Gasteiger partial charge in [-0.25, -0.2) is 0 Å². The van der Waals surface area contributed by atoms with Crippen molar-refractivity contribution in [3.63, 3.8) is 0 Å². The molecular weight excluding hydrogens is 1000 g/mol. The van der Waals surface area contributed by atoms with Gasteiger partial charge in [0.15, 0.2) is 0 Å². The fraction of sp³-hybridized carbons (Fsp3) is 0.382. The van der Waals surface area contributed by atoms with Crippen LogP contribution in [0.2, 0.25) is 0 Å². The van der Waals surface area contributed by atoms with Gasteiger partial charge in [-0.2, -0.15) is 0 Å². The Morgan fingerprint density at radius 1 is 0.361 bits per heavy atom. The number of anilines is 6. The van der Waals surface area contributed by atoms with Gasteiger partial charge < -0.3 is 9.80 Å². The Kier molecular flexibility index (Phi) is 18.1. The Morgan fingerprint density at radius 2 is 0.694 bits per heavy atom. The summed E-state index contributed by atoms with van der Waals surface area (Å²) in [4.78, 5) is 5.06. The summed E-state index contributed by atoms with van der Waals surface area (Å²) in [5.41, 5.74) is 24.6. The second-order valence-electron chi connectivity index (χ2n) is 21.2. The van der Waals surface area contributed by atoms with Crippen LogP contribution in [-0.2, 0) is 31.1 Å². The van der Waals surface area contributed by atoms with Gasteiger partial charge in [-0.3, -0.25) is 0 Å². The molecule has 376 valence electrons. The van der Waals surface area contributed by atoms with Crippen molar-refractivity contribution in [1.29, 1.82) is 0 Å². The number of rotatable bonds is 23. The molecule has 0 bridgehead atoms. The van der Waals surface area contributed by atoms with Crippen molar-refractivity contribution >= 4 is 66.0 Å². The summed E-state index contributed by atoms with van der Waals surface area (Å²) in [6.45, 7) is 21.0. The third kappa shape index (κ3) is 11.7. The smallest absolute Gasteiger partial charge is 0.0520 e. The lowest BCUT2D eigenvalue weighted by Gasteiger charge is -2.34. The first kappa shape index (κ1) is 53.4. The third-order valence-corrected chi connectivity index (χ3v) is 16.6. The minimum absolute atomic E-state index is 0.451. The number of hydrogen-bond donors (Lipinski definition) is 0. The number of fused-ring (bicyclic) bond motifs is 3. The lowest BCUT2D eigenvalue weighted by Crippen LogP contribution is -2.24. The molecule has 1 aliphatic carbocycles. The fourth-order valence-corrected chi connectivity index (χ4v) is 12.3. The second kappa shape index (κ2) is 24.4.